The van der Waals surface area contributed by atoms with Crippen molar-refractivity contribution in [1.29, 1.82) is 0 Å². The van der Waals surface area contributed by atoms with Crippen LogP contribution in [0.5, 0.6) is 0 Å². The number of ketones is 1. The molecular weight excluding hydrogens is 322 g/mol. The molecule has 4 heteroatoms. The van der Waals surface area contributed by atoms with Gasteiger partial charge in [0.2, 0.25) is 0 Å². The lowest BCUT2D eigenvalue weighted by Crippen LogP contribution is -2.14. The highest BCUT2D eigenvalue weighted by Crippen LogP contribution is 2.19. The number of hydrogen-bond acceptors (Lipinski definition) is 2. The van der Waals surface area contributed by atoms with Crippen LogP contribution in [0.2, 0.25) is 0 Å². The minimum Gasteiger partial charge on any atom is -0.385 e. The summed E-state index contributed by atoms with van der Waals surface area (Å²) in [5.41, 5.74) is 0.589. The van der Waals surface area contributed by atoms with E-state index < -0.39 is 0 Å². The van der Waals surface area contributed by atoms with E-state index in [1.54, 1.807) is 13.2 Å². The van der Waals surface area contributed by atoms with Gasteiger partial charge in [0.1, 0.15) is 5.82 Å². The first-order chi connectivity index (χ1) is 7.56. The third-order valence-corrected chi connectivity index (χ3v) is 3.29. The molecule has 0 fully saturated rings. The van der Waals surface area contributed by atoms with Crippen molar-refractivity contribution in [1.82, 2.24) is 0 Å². The molecule has 1 rings (SSSR count). The van der Waals surface area contributed by atoms with Crippen molar-refractivity contribution >= 4 is 28.4 Å². The second-order valence-electron chi connectivity index (χ2n) is 3.67. The van der Waals surface area contributed by atoms with Gasteiger partial charge >= 0.3 is 0 Å². The lowest BCUT2D eigenvalue weighted by molar-refractivity contribution is 0.0893. The summed E-state index contributed by atoms with van der Waals surface area (Å²) in [6.07, 6.45) is 0.683. The molecule has 0 aliphatic rings. The molecule has 0 amide bonds. The Morgan fingerprint density at radius 3 is 2.81 bits per heavy atom. The molecule has 0 saturated heterocycles. The molecule has 0 aliphatic heterocycles. The summed E-state index contributed by atoms with van der Waals surface area (Å²) in [4.78, 5) is 12.0. The number of methoxy groups -OCH3 is 1. The average Bonchev–Trinajstić information content (AvgIpc) is 2.25. The molecule has 2 nitrogen and oxygen atoms in total. The Balaban J connectivity index is 2.79. The summed E-state index contributed by atoms with van der Waals surface area (Å²) < 4.78 is 18.5. The van der Waals surface area contributed by atoms with Crippen molar-refractivity contribution in [2.75, 3.05) is 13.7 Å². The zero-order valence-corrected chi connectivity index (χ0v) is 11.5. The van der Waals surface area contributed by atoms with Crippen LogP contribution >= 0.6 is 22.6 Å². The van der Waals surface area contributed by atoms with Gasteiger partial charge in [-0.3, -0.25) is 4.79 Å². The first-order valence-electron chi connectivity index (χ1n) is 5.04. The Bertz CT molecular complexity index is 379. The summed E-state index contributed by atoms with van der Waals surface area (Å²) >= 11 is 1.98. The van der Waals surface area contributed by atoms with Crippen molar-refractivity contribution < 1.29 is 13.9 Å². The normalized spacial score (nSPS) is 12.5. The van der Waals surface area contributed by atoms with E-state index in [4.69, 9.17) is 4.74 Å². The Morgan fingerprint density at radius 1 is 1.56 bits per heavy atom. The lowest BCUT2D eigenvalue weighted by atomic mass is 9.97. The van der Waals surface area contributed by atoms with E-state index in [0.717, 1.165) is 0 Å². The van der Waals surface area contributed by atoms with Crippen LogP contribution in [-0.4, -0.2) is 19.5 Å². The molecule has 0 saturated carbocycles. The molecule has 88 valence electrons. The van der Waals surface area contributed by atoms with Gasteiger partial charge in [-0.15, -0.1) is 0 Å². The molecule has 0 heterocycles. The Hall–Kier alpha value is -0.490. The number of carbonyl (C=O) groups excluding carboxylic acids is 1. The summed E-state index contributed by atoms with van der Waals surface area (Å²) in [6, 6.07) is 4.23. The molecule has 1 aromatic carbocycles. The van der Waals surface area contributed by atoms with Gasteiger partial charge in [0.05, 0.1) is 0 Å². The third-order valence-electron chi connectivity index (χ3n) is 2.40. The molecule has 1 aromatic rings. The Labute approximate surface area is 108 Å². The van der Waals surface area contributed by atoms with Crippen molar-refractivity contribution in [3.8, 4) is 0 Å². The van der Waals surface area contributed by atoms with E-state index in [1.807, 2.05) is 29.5 Å². The van der Waals surface area contributed by atoms with Gasteiger partial charge in [-0.2, -0.15) is 0 Å². The predicted octanol–water partition coefficient (Wildman–Crippen LogP) is 3.29. The SMILES string of the molecule is COCCC(C)C(=O)c1ccc(F)cc1I. The fourth-order valence-corrected chi connectivity index (χ4v) is 2.12. The molecular formula is C12H14FIO2. The van der Waals surface area contributed by atoms with Gasteiger partial charge in [-0.25, -0.2) is 4.39 Å². The van der Waals surface area contributed by atoms with Gasteiger partial charge in [0.15, 0.2) is 5.78 Å². The van der Waals surface area contributed by atoms with Crippen LogP contribution in [0.25, 0.3) is 0 Å². The number of ether oxygens (including phenoxy) is 1. The number of carbonyl (C=O) groups is 1. The fraction of sp³-hybridized carbons (Fsp3) is 0.417. The number of halogens is 2. The predicted molar refractivity (Wildman–Crippen MR) is 69.1 cm³/mol. The van der Waals surface area contributed by atoms with Crippen LogP contribution in [0, 0.1) is 15.3 Å². The van der Waals surface area contributed by atoms with E-state index in [0.29, 0.717) is 22.2 Å². The largest absolute Gasteiger partial charge is 0.385 e. The zero-order valence-electron chi connectivity index (χ0n) is 9.30. The first-order valence-corrected chi connectivity index (χ1v) is 6.12. The van der Waals surface area contributed by atoms with Crippen LogP contribution in [-0.2, 0) is 4.74 Å². The molecule has 1 unspecified atom stereocenters. The fourth-order valence-electron chi connectivity index (χ4n) is 1.38. The second-order valence-corrected chi connectivity index (χ2v) is 4.83. The van der Waals surface area contributed by atoms with E-state index in [9.17, 15) is 9.18 Å². The topological polar surface area (TPSA) is 26.3 Å². The zero-order chi connectivity index (χ0) is 12.1. The van der Waals surface area contributed by atoms with Crippen molar-refractivity contribution in [2.24, 2.45) is 5.92 Å². The summed E-state index contributed by atoms with van der Waals surface area (Å²) in [5.74, 6) is -0.370. The average molecular weight is 336 g/mol. The molecule has 1 atom stereocenters. The Kier molecular flexibility index (Phi) is 5.34. The maximum Gasteiger partial charge on any atom is 0.166 e. The van der Waals surface area contributed by atoms with Crippen molar-refractivity contribution in [2.45, 2.75) is 13.3 Å². The molecule has 0 aromatic heterocycles. The summed E-state index contributed by atoms with van der Waals surface area (Å²) in [6.45, 7) is 2.42. The van der Waals surface area contributed by atoms with E-state index in [2.05, 4.69) is 0 Å². The quantitative estimate of drug-likeness (QED) is 0.609. The molecule has 0 radical (unpaired) electrons. The van der Waals surface area contributed by atoms with Gasteiger partial charge in [-0.05, 0) is 47.2 Å². The van der Waals surface area contributed by atoms with Gasteiger partial charge in [0, 0.05) is 28.8 Å². The van der Waals surface area contributed by atoms with Crippen LogP contribution in [0.15, 0.2) is 18.2 Å². The highest BCUT2D eigenvalue weighted by molar-refractivity contribution is 14.1. The monoisotopic (exact) mass is 336 g/mol. The smallest absolute Gasteiger partial charge is 0.166 e. The highest BCUT2D eigenvalue weighted by Gasteiger charge is 2.17. The van der Waals surface area contributed by atoms with Crippen molar-refractivity contribution in [3.05, 3.63) is 33.1 Å². The van der Waals surface area contributed by atoms with Gasteiger partial charge in [-0.1, -0.05) is 6.92 Å². The van der Waals surface area contributed by atoms with Crippen molar-refractivity contribution in [3.63, 3.8) is 0 Å². The number of Topliss-reactive ketones (excluding diaryl/α,β-unsaturated/α-hetero) is 1. The molecule has 0 aliphatic carbocycles. The number of rotatable bonds is 5. The molecule has 0 spiro atoms. The van der Waals surface area contributed by atoms with Crippen LogP contribution in [0.3, 0.4) is 0 Å². The maximum atomic E-state index is 12.9. The Morgan fingerprint density at radius 2 is 2.25 bits per heavy atom. The minimum atomic E-state index is -0.314. The summed E-state index contributed by atoms with van der Waals surface area (Å²) in [7, 11) is 1.61. The highest BCUT2D eigenvalue weighted by atomic mass is 127. The van der Waals surface area contributed by atoms with Crippen LogP contribution in [0.1, 0.15) is 23.7 Å². The third kappa shape index (κ3) is 3.52. The molecule has 16 heavy (non-hydrogen) atoms. The minimum absolute atomic E-state index is 0.0430. The van der Waals surface area contributed by atoms with Crippen LogP contribution in [0.4, 0.5) is 4.39 Å². The van der Waals surface area contributed by atoms with Gasteiger partial charge in [0.25, 0.3) is 0 Å². The second kappa shape index (κ2) is 6.30. The summed E-state index contributed by atoms with van der Waals surface area (Å²) in [5, 5.41) is 0. The molecule has 0 N–H and O–H groups in total. The first kappa shape index (κ1) is 13.6. The van der Waals surface area contributed by atoms with Gasteiger partial charge < -0.3 is 4.74 Å². The van der Waals surface area contributed by atoms with Crippen LogP contribution < -0.4 is 0 Å². The van der Waals surface area contributed by atoms with E-state index >= 15 is 0 Å². The lowest BCUT2D eigenvalue weighted by Gasteiger charge is -2.11. The number of benzene rings is 1. The molecule has 0 bridgehead atoms. The van der Waals surface area contributed by atoms with E-state index in [1.165, 1.54) is 12.1 Å². The maximum absolute atomic E-state index is 12.9. The standard InChI is InChI=1S/C12H14FIO2/c1-8(5-6-16-2)12(15)10-4-3-9(13)7-11(10)14/h3-4,7-8H,5-6H2,1-2H3. The van der Waals surface area contributed by atoms with E-state index in [-0.39, 0.29) is 17.5 Å². The number of hydrogen-bond donors (Lipinski definition) is 0.